The van der Waals surface area contributed by atoms with Gasteiger partial charge < -0.3 is 15.0 Å². The lowest BCUT2D eigenvalue weighted by Gasteiger charge is -2.32. The van der Waals surface area contributed by atoms with E-state index in [0.29, 0.717) is 6.54 Å². The van der Waals surface area contributed by atoms with Gasteiger partial charge in [0.25, 0.3) is 0 Å². The molecular formula is C10H18N2O3. The maximum absolute atomic E-state index is 11.5. The molecule has 0 aromatic rings. The maximum Gasteiger partial charge on any atom is 0.248 e. The highest BCUT2D eigenvalue weighted by Crippen LogP contribution is 2.10. The summed E-state index contributed by atoms with van der Waals surface area (Å²) in [4.78, 5) is 24.1. The van der Waals surface area contributed by atoms with Gasteiger partial charge in [0.2, 0.25) is 11.8 Å². The number of ether oxygens (including phenoxy) is 1. The fourth-order valence-electron chi connectivity index (χ4n) is 1.82. The Kier molecular flexibility index (Phi) is 4.55. The lowest BCUT2D eigenvalue weighted by Crippen LogP contribution is -2.49. The number of piperidine rings is 1. The summed E-state index contributed by atoms with van der Waals surface area (Å²) >= 11 is 0. The monoisotopic (exact) mass is 214 g/mol. The number of nitrogens with one attached hydrogen (secondary N) is 1. The summed E-state index contributed by atoms with van der Waals surface area (Å²) in [5.74, 6) is -0.0476. The Morgan fingerprint density at radius 1 is 1.53 bits per heavy atom. The highest BCUT2D eigenvalue weighted by Gasteiger charge is 2.23. The van der Waals surface area contributed by atoms with E-state index in [1.54, 1.807) is 4.90 Å². The molecule has 1 fully saturated rings. The molecule has 0 aromatic heterocycles. The molecule has 1 aliphatic rings. The smallest absolute Gasteiger partial charge is 0.248 e. The molecule has 1 saturated heterocycles. The molecule has 5 nitrogen and oxygen atoms in total. The molecule has 1 N–H and O–H groups in total. The molecule has 86 valence electrons. The van der Waals surface area contributed by atoms with E-state index in [1.807, 2.05) is 0 Å². The van der Waals surface area contributed by atoms with Crippen molar-refractivity contribution >= 4 is 11.8 Å². The van der Waals surface area contributed by atoms with Crippen LogP contribution >= 0.6 is 0 Å². The number of carbonyl (C=O) groups is 2. The van der Waals surface area contributed by atoms with Gasteiger partial charge in [0.05, 0.1) is 0 Å². The standard InChI is InChI=1S/C10H18N2O3/c1-8(13)11-9-4-3-5-12(6-9)10(14)7-15-2/h9H,3-7H2,1-2H3,(H,11,13). The SMILES string of the molecule is COCC(=O)N1CCCC(NC(C)=O)C1. The van der Waals surface area contributed by atoms with Gasteiger partial charge in [-0.15, -0.1) is 0 Å². The highest BCUT2D eigenvalue weighted by molar-refractivity contribution is 5.78. The molecule has 0 aliphatic carbocycles. The van der Waals surface area contributed by atoms with Gasteiger partial charge in [-0.3, -0.25) is 9.59 Å². The molecule has 1 atom stereocenters. The van der Waals surface area contributed by atoms with E-state index in [9.17, 15) is 9.59 Å². The van der Waals surface area contributed by atoms with Crippen molar-refractivity contribution in [2.75, 3.05) is 26.8 Å². The van der Waals surface area contributed by atoms with Gasteiger partial charge in [-0.05, 0) is 12.8 Å². The minimum Gasteiger partial charge on any atom is -0.375 e. The molecule has 1 unspecified atom stereocenters. The van der Waals surface area contributed by atoms with Crippen LogP contribution in [0.5, 0.6) is 0 Å². The van der Waals surface area contributed by atoms with Gasteiger partial charge in [-0.2, -0.15) is 0 Å². The van der Waals surface area contributed by atoms with Crippen LogP contribution in [0.2, 0.25) is 0 Å². The quantitative estimate of drug-likeness (QED) is 0.705. The zero-order chi connectivity index (χ0) is 11.3. The summed E-state index contributed by atoms with van der Waals surface area (Å²) in [7, 11) is 1.51. The van der Waals surface area contributed by atoms with Crippen LogP contribution in [-0.4, -0.2) is 49.6 Å². The lowest BCUT2D eigenvalue weighted by molar-refractivity contribution is -0.137. The zero-order valence-corrected chi connectivity index (χ0v) is 9.28. The predicted molar refractivity (Wildman–Crippen MR) is 55.3 cm³/mol. The Hall–Kier alpha value is -1.10. The normalized spacial score (nSPS) is 21.2. The lowest BCUT2D eigenvalue weighted by atomic mass is 10.1. The molecule has 2 amide bonds. The van der Waals surface area contributed by atoms with Gasteiger partial charge in [-0.25, -0.2) is 0 Å². The van der Waals surface area contributed by atoms with Crippen LogP contribution in [0, 0.1) is 0 Å². The highest BCUT2D eigenvalue weighted by atomic mass is 16.5. The van der Waals surface area contributed by atoms with Crippen LogP contribution in [0.25, 0.3) is 0 Å². The van der Waals surface area contributed by atoms with Crippen molar-refractivity contribution in [1.82, 2.24) is 10.2 Å². The Morgan fingerprint density at radius 3 is 2.87 bits per heavy atom. The topological polar surface area (TPSA) is 58.6 Å². The van der Waals surface area contributed by atoms with Crippen LogP contribution < -0.4 is 5.32 Å². The second-order valence-electron chi connectivity index (χ2n) is 3.81. The average Bonchev–Trinajstić information content (AvgIpc) is 2.17. The summed E-state index contributed by atoms with van der Waals surface area (Å²) in [5.41, 5.74) is 0. The number of rotatable bonds is 3. The van der Waals surface area contributed by atoms with Crippen LogP contribution in [0.15, 0.2) is 0 Å². The molecule has 0 aromatic carbocycles. The largest absolute Gasteiger partial charge is 0.375 e. The fraction of sp³-hybridized carbons (Fsp3) is 0.800. The van der Waals surface area contributed by atoms with E-state index in [-0.39, 0.29) is 24.5 Å². The molecule has 0 bridgehead atoms. The first kappa shape index (κ1) is 12.0. The number of likely N-dealkylation sites (tertiary alicyclic amines) is 1. The van der Waals surface area contributed by atoms with Gasteiger partial charge in [0.15, 0.2) is 0 Å². The van der Waals surface area contributed by atoms with Crippen molar-refractivity contribution in [2.45, 2.75) is 25.8 Å². The van der Waals surface area contributed by atoms with E-state index in [4.69, 9.17) is 4.74 Å². The van der Waals surface area contributed by atoms with Crippen LogP contribution in [0.3, 0.4) is 0 Å². The molecule has 15 heavy (non-hydrogen) atoms. The summed E-state index contributed by atoms with van der Waals surface area (Å²) < 4.78 is 4.79. The number of amides is 2. The maximum atomic E-state index is 11.5. The van der Waals surface area contributed by atoms with Crippen molar-refractivity contribution in [1.29, 1.82) is 0 Å². The summed E-state index contributed by atoms with van der Waals surface area (Å²) in [6.07, 6.45) is 1.87. The molecular weight excluding hydrogens is 196 g/mol. The Bertz CT molecular complexity index is 243. The molecule has 1 aliphatic heterocycles. The van der Waals surface area contributed by atoms with Crippen molar-refractivity contribution in [3.05, 3.63) is 0 Å². The zero-order valence-electron chi connectivity index (χ0n) is 9.28. The van der Waals surface area contributed by atoms with E-state index in [0.717, 1.165) is 19.4 Å². The number of carbonyl (C=O) groups excluding carboxylic acids is 2. The summed E-state index contributed by atoms with van der Waals surface area (Å²) in [6.45, 7) is 2.97. The minimum absolute atomic E-state index is 0.00690. The second-order valence-corrected chi connectivity index (χ2v) is 3.81. The fourth-order valence-corrected chi connectivity index (χ4v) is 1.82. The Morgan fingerprint density at radius 2 is 2.27 bits per heavy atom. The number of hydrogen-bond acceptors (Lipinski definition) is 3. The van der Waals surface area contributed by atoms with Gasteiger partial charge >= 0.3 is 0 Å². The van der Waals surface area contributed by atoms with E-state index in [2.05, 4.69) is 5.32 Å². The van der Waals surface area contributed by atoms with Gasteiger partial charge in [-0.1, -0.05) is 0 Å². The number of methoxy groups -OCH3 is 1. The third kappa shape index (κ3) is 3.87. The molecule has 5 heteroatoms. The van der Waals surface area contributed by atoms with Crippen molar-refractivity contribution in [3.63, 3.8) is 0 Å². The third-order valence-corrected chi connectivity index (χ3v) is 2.45. The predicted octanol–water partition coefficient (Wildman–Crippen LogP) is -0.240. The van der Waals surface area contributed by atoms with Crippen LogP contribution in [-0.2, 0) is 14.3 Å². The number of hydrogen-bond donors (Lipinski definition) is 1. The molecule has 1 heterocycles. The molecule has 0 spiro atoms. The van der Waals surface area contributed by atoms with Crippen molar-refractivity contribution < 1.29 is 14.3 Å². The van der Waals surface area contributed by atoms with Crippen molar-refractivity contribution in [3.8, 4) is 0 Å². The van der Waals surface area contributed by atoms with Gasteiger partial charge in [0, 0.05) is 33.2 Å². The van der Waals surface area contributed by atoms with Crippen molar-refractivity contribution in [2.24, 2.45) is 0 Å². The first-order valence-corrected chi connectivity index (χ1v) is 5.17. The minimum atomic E-state index is -0.0407. The van der Waals surface area contributed by atoms with E-state index >= 15 is 0 Å². The van der Waals surface area contributed by atoms with Crippen LogP contribution in [0.4, 0.5) is 0 Å². The van der Waals surface area contributed by atoms with Crippen LogP contribution in [0.1, 0.15) is 19.8 Å². The van der Waals surface area contributed by atoms with E-state index in [1.165, 1.54) is 14.0 Å². The van der Waals surface area contributed by atoms with Gasteiger partial charge in [0.1, 0.15) is 6.61 Å². The first-order valence-electron chi connectivity index (χ1n) is 5.17. The molecule has 1 rings (SSSR count). The summed E-state index contributed by atoms with van der Waals surface area (Å²) in [6, 6.07) is 0.0945. The Labute approximate surface area is 89.8 Å². The molecule has 0 radical (unpaired) electrons. The Balaban J connectivity index is 2.41. The van der Waals surface area contributed by atoms with E-state index < -0.39 is 0 Å². The number of nitrogens with zero attached hydrogens (tertiary/aromatic N) is 1. The second kappa shape index (κ2) is 5.70. The first-order chi connectivity index (χ1) is 7.13. The third-order valence-electron chi connectivity index (χ3n) is 2.45. The average molecular weight is 214 g/mol. The molecule has 0 saturated carbocycles. The summed E-state index contributed by atoms with van der Waals surface area (Å²) in [5, 5.41) is 2.84.